The van der Waals surface area contributed by atoms with Crippen molar-refractivity contribution < 1.29 is 0 Å². The predicted octanol–water partition coefficient (Wildman–Crippen LogP) is 13.7. The Morgan fingerprint density at radius 2 is 0.911 bits per heavy atom. The summed E-state index contributed by atoms with van der Waals surface area (Å²) >= 11 is 1.86. The van der Waals surface area contributed by atoms with Crippen LogP contribution in [0.1, 0.15) is 0 Å². The Labute approximate surface area is 327 Å². The molecule has 0 saturated heterocycles. The van der Waals surface area contributed by atoms with Crippen molar-refractivity contribution >= 4 is 53.3 Å². The lowest BCUT2D eigenvalue weighted by atomic mass is 10.00. The molecule has 0 bridgehead atoms. The van der Waals surface area contributed by atoms with Crippen molar-refractivity contribution in [3.05, 3.63) is 194 Å². The number of nitrogens with zero attached hydrogens (tertiary/aromatic N) is 4. The molecule has 11 rings (SSSR count). The Kier molecular flexibility index (Phi) is 7.64. The van der Waals surface area contributed by atoms with Gasteiger partial charge in [0.2, 0.25) is 0 Å². The van der Waals surface area contributed by atoms with Crippen molar-refractivity contribution in [1.82, 2.24) is 19.5 Å². The molecule has 0 spiro atoms. The summed E-state index contributed by atoms with van der Waals surface area (Å²) in [6.45, 7) is 0. The van der Waals surface area contributed by atoms with Crippen LogP contribution in [0.2, 0.25) is 0 Å². The highest BCUT2D eigenvalue weighted by molar-refractivity contribution is 7.26. The van der Waals surface area contributed by atoms with Crippen molar-refractivity contribution in [3.8, 4) is 62.1 Å². The van der Waals surface area contributed by atoms with E-state index in [-0.39, 0.29) is 0 Å². The number of aromatic nitrogens is 4. The van der Waals surface area contributed by atoms with Crippen LogP contribution >= 0.6 is 11.3 Å². The Hall–Kier alpha value is -7.21. The molecule has 3 aromatic heterocycles. The molecule has 262 valence electrons. The summed E-state index contributed by atoms with van der Waals surface area (Å²) in [6.07, 6.45) is 0. The molecule has 56 heavy (non-hydrogen) atoms. The van der Waals surface area contributed by atoms with Crippen LogP contribution in [-0.2, 0) is 0 Å². The SMILES string of the molecule is c1ccc(-c2ccc(-n3c4ccccc4c4ccc(-c5cccc6c5sc5ccccc56)cc43)c(-c3nc(-c4ccccc4)nc(-c4ccccc4)n3)c2)cc1. The number of hydrogen-bond acceptors (Lipinski definition) is 4. The third kappa shape index (κ3) is 5.40. The van der Waals surface area contributed by atoms with Gasteiger partial charge in [0, 0.05) is 47.6 Å². The van der Waals surface area contributed by atoms with E-state index in [0.717, 1.165) is 44.5 Å². The lowest BCUT2D eigenvalue weighted by Crippen LogP contribution is -2.04. The first-order chi connectivity index (χ1) is 27.8. The molecule has 11 aromatic rings. The molecule has 0 amide bonds. The molecule has 0 saturated carbocycles. The molecular weight excluding hydrogens is 701 g/mol. The van der Waals surface area contributed by atoms with Gasteiger partial charge in [-0.1, -0.05) is 164 Å². The average molecular weight is 733 g/mol. The summed E-state index contributed by atoms with van der Waals surface area (Å²) in [7, 11) is 0. The second-order valence-electron chi connectivity index (χ2n) is 14.0. The fraction of sp³-hybridized carbons (Fsp3) is 0. The minimum absolute atomic E-state index is 0.614. The van der Waals surface area contributed by atoms with Crippen LogP contribution in [0, 0.1) is 0 Å². The maximum Gasteiger partial charge on any atom is 0.166 e. The van der Waals surface area contributed by atoms with Crippen molar-refractivity contribution in [2.45, 2.75) is 0 Å². The van der Waals surface area contributed by atoms with E-state index in [1.54, 1.807) is 0 Å². The Bertz CT molecular complexity index is 3180. The molecule has 4 nitrogen and oxygen atoms in total. The maximum absolute atomic E-state index is 5.25. The molecule has 0 aliphatic rings. The van der Waals surface area contributed by atoms with E-state index >= 15 is 0 Å². The first-order valence-electron chi connectivity index (χ1n) is 18.8. The number of thiophene rings is 1. The standard InChI is InChI=1S/C51H32N4S/c1-4-15-33(16-5-1)36-28-30-45(43(31-36)51-53-49(34-17-6-2-7-18-34)52-50(54-51)35-19-8-3-9-20-35)55-44-25-12-10-21-39(44)40-29-27-37(32-46(40)55)38-23-14-24-42-41-22-11-13-26-47(41)56-48(38)42/h1-32H. The molecule has 0 aliphatic carbocycles. The molecule has 0 unspecified atom stereocenters. The minimum atomic E-state index is 0.614. The monoisotopic (exact) mass is 732 g/mol. The van der Waals surface area contributed by atoms with E-state index in [9.17, 15) is 0 Å². The molecule has 0 radical (unpaired) electrons. The van der Waals surface area contributed by atoms with Gasteiger partial charge in [-0.15, -0.1) is 11.3 Å². The lowest BCUT2D eigenvalue weighted by Gasteiger charge is -2.16. The number of benzene rings is 8. The van der Waals surface area contributed by atoms with Gasteiger partial charge in [-0.05, 0) is 52.6 Å². The number of hydrogen-bond donors (Lipinski definition) is 0. The van der Waals surface area contributed by atoms with E-state index in [0.29, 0.717) is 17.5 Å². The molecule has 0 N–H and O–H groups in total. The smallest absolute Gasteiger partial charge is 0.166 e. The number of para-hydroxylation sites is 1. The van der Waals surface area contributed by atoms with Crippen LogP contribution in [0.3, 0.4) is 0 Å². The largest absolute Gasteiger partial charge is 0.308 e. The summed E-state index contributed by atoms with van der Waals surface area (Å²) in [5, 5.41) is 4.98. The molecule has 5 heteroatoms. The minimum Gasteiger partial charge on any atom is -0.308 e. The van der Waals surface area contributed by atoms with E-state index in [1.807, 2.05) is 47.7 Å². The van der Waals surface area contributed by atoms with Gasteiger partial charge >= 0.3 is 0 Å². The first kappa shape index (κ1) is 32.2. The highest BCUT2D eigenvalue weighted by Crippen LogP contribution is 2.43. The van der Waals surface area contributed by atoms with Crippen LogP contribution in [-0.4, -0.2) is 19.5 Å². The van der Waals surface area contributed by atoms with Crippen LogP contribution in [0.4, 0.5) is 0 Å². The second kappa shape index (κ2) is 13.3. The first-order valence-corrected chi connectivity index (χ1v) is 19.6. The van der Waals surface area contributed by atoms with Gasteiger partial charge in [-0.3, -0.25) is 0 Å². The second-order valence-corrected chi connectivity index (χ2v) is 15.1. The zero-order chi connectivity index (χ0) is 37.0. The van der Waals surface area contributed by atoms with Crippen LogP contribution in [0.15, 0.2) is 194 Å². The molecule has 0 aliphatic heterocycles. The molecule has 3 heterocycles. The van der Waals surface area contributed by atoms with Crippen LogP contribution in [0.25, 0.3) is 104 Å². The van der Waals surface area contributed by atoms with E-state index in [4.69, 9.17) is 15.0 Å². The summed E-state index contributed by atoms with van der Waals surface area (Å²) in [6, 6.07) is 68.6. The Morgan fingerprint density at radius 1 is 0.339 bits per heavy atom. The van der Waals surface area contributed by atoms with E-state index in [2.05, 4.69) is 162 Å². The quantitative estimate of drug-likeness (QED) is 0.171. The van der Waals surface area contributed by atoms with Gasteiger partial charge in [-0.2, -0.15) is 0 Å². The highest BCUT2D eigenvalue weighted by atomic mass is 32.1. The zero-order valence-corrected chi connectivity index (χ0v) is 31.0. The van der Waals surface area contributed by atoms with Crippen molar-refractivity contribution in [2.75, 3.05) is 0 Å². The highest BCUT2D eigenvalue weighted by Gasteiger charge is 2.21. The van der Waals surface area contributed by atoms with Gasteiger partial charge in [0.15, 0.2) is 17.5 Å². The number of rotatable bonds is 6. The third-order valence-electron chi connectivity index (χ3n) is 10.7. The van der Waals surface area contributed by atoms with Crippen molar-refractivity contribution in [2.24, 2.45) is 0 Å². The average Bonchev–Trinajstić information content (AvgIpc) is 3.82. The Morgan fingerprint density at radius 3 is 1.64 bits per heavy atom. The predicted molar refractivity (Wildman–Crippen MR) is 234 cm³/mol. The summed E-state index contributed by atoms with van der Waals surface area (Å²) in [4.78, 5) is 15.5. The van der Waals surface area contributed by atoms with Gasteiger partial charge in [-0.25, -0.2) is 15.0 Å². The van der Waals surface area contributed by atoms with Crippen molar-refractivity contribution in [1.29, 1.82) is 0 Å². The van der Waals surface area contributed by atoms with Crippen LogP contribution in [0.5, 0.6) is 0 Å². The van der Waals surface area contributed by atoms with Gasteiger partial charge in [0.1, 0.15) is 0 Å². The number of fused-ring (bicyclic) bond motifs is 6. The molecule has 0 atom stereocenters. The van der Waals surface area contributed by atoms with Gasteiger partial charge in [0.25, 0.3) is 0 Å². The molecular formula is C51H32N4S. The molecule has 0 fully saturated rings. The third-order valence-corrected chi connectivity index (χ3v) is 11.9. The van der Waals surface area contributed by atoms with Gasteiger partial charge < -0.3 is 4.57 Å². The van der Waals surface area contributed by atoms with Gasteiger partial charge in [0.05, 0.1) is 16.7 Å². The summed E-state index contributed by atoms with van der Waals surface area (Å²) in [5.74, 6) is 1.88. The van der Waals surface area contributed by atoms with Crippen molar-refractivity contribution in [3.63, 3.8) is 0 Å². The Balaban J connectivity index is 1.20. The summed E-state index contributed by atoms with van der Waals surface area (Å²) in [5.41, 5.74) is 10.7. The van der Waals surface area contributed by atoms with E-state index < -0.39 is 0 Å². The van der Waals surface area contributed by atoms with E-state index in [1.165, 1.54) is 42.1 Å². The normalized spacial score (nSPS) is 11.6. The zero-order valence-electron chi connectivity index (χ0n) is 30.2. The van der Waals surface area contributed by atoms with Crippen LogP contribution < -0.4 is 0 Å². The topological polar surface area (TPSA) is 43.6 Å². The maximum atomic E-state index is 5.25. The fourth-order valence-corrected chi connectivity index (χ4v) is 9.26. The lowest BCUT2D eigenvalue weighted by molar-refractivity contribution is 1.06. The fourth-order valence-electron chi connectivity index (χ4n) is 8.02. The summed E-state index contributed by atoms with van der Waals surface area (Å²) < 4.78 is 5.00. The molecule has 8 aromatic carbocycles.